The average Bonchev–Trinajstić information content (AvgIpc) is 3.16. The molecule has 1 aliphatic carbocycles. The number of para-hydroxylation sites is 1. The molecule has 3 atom stereocenters. The monoisotopic (exact) mass is 348 g/mol. The van der Waals surface area contributed by atoms with E-state index >= 15 is 0 Å². The van der Waals surface area contributed by atoms with Gasteiger partial charge in [0.1, 0.15) is 5.66 Å². The van der Waals surface area contributed by atoms with E-state index in [1.54, 1.807) is 0 Å². The van der Waals surface area contributed by atoms with Crippen molar-refractivity contribution in [2.24, 2.45) is 11.8 Å². The molecule has 1 amide bonds. The number of carbonyl (C=O) groups excluding carboxylic acids is 1. The quantitative estimate of drug-likeness (QED) is 0.876. The number of pyridine rings is 1. The lowest BCUT2D eigenvalue weighted by Crippen LogP contribution is -2.61. The van der Waals surface area contributed by atoms with E-state index in [0.29, 0.717) is 11.8 Å². The van der Waals surface area contributed by atoms with Gasteiger partial charge in [-0.3, -0.25) is 14.7 Å². The number of amides is 1. The average molecular weight is 348 g/mol. The van der Waals surface area contributed by atoms with Gasteiger partial charge < -0.3 is 10.6 Å². The highest BCUT2D eigenvalue weighted by molar-refractivity contribution is 6.02. The zero-order valence-electron chi connectivity index (χ0n) is 15.0. The summed E-state index contributed by atoms with van der Waals surface area (Å²) >= 11 is 0. The van der Waals surface area contributed by atoms with Gasteiger partial charge in [-0.2, -0.15) is 0 Å². The highest BCUT2D eigenvalue weighted by Crippen LogP contribution is 2.47. The highest BCUT2D eigenvalue weighted by Gasteiger charge is 2.54. The number of benzene rings is 1. The highest BCUT2D eigenvalue weighted by atomic mass is 16.2. The molecule has 0 bridgehead atoms. The number of rotatable bonds is 2. The molecule has 2 N–H and O–H groups in total. The SMILES string of the molecule is Cc1cccc(CN2C[C@H]3CC[C@]4(NC(=O)c5ccccc5N4)[C@H]3C2)n1. The van der Waals surface area contributed by atoms with E-state index in [-0.39, 0.29) is 11.6 Å². The number of nitrogens with one attached hydrogen (secondary N) is 2. The number of nitrogens with zero attached hydrogens (tertiary/aromatic N) is 2. The molecular weight excluding hydrogens is 324 g/mol. The second-order valence-electron chi connectivity index (χ2n) is 7.97. The first-order chi connectivity index (χ1) is 12.6. The molecule has 2 fully saturated rings. The molecule has 3 heterocycles. The molecule has 1 spiro atoms. The molecule has 2 aliphatic heterocycles. The van der Waals surface area contributed by atoms with Crippen LogP contribution in [0, 0.1) is 18.8 Å². The van der Waals surface area contributed by atoms with Crippen LogP contribution in [0.3, 0.4) is 0 Å². The predicted molar refractivity (Wildman–Crippen MR) is 101 cm³/mol. The van der Waals surface area contributed by atoms with Crippen LogP contribution in [0.1, 0.15) is 34.6 Å². The van der Waals surface area contributed by atoms with Crippen molar-refractivity contribution in [3.8, 4) is 0 Å². The van der Waals surface area contributed by atoms with Gasteiger partial charge >= 0.3 is 0 Å². The fraction of sp³-hybridized carbons (Fsp3) is 0.429. The van der Waals surface area contributed by atoms with Gasteiger partial charge in [0.15, 0.2) is 0 Å². The van der Waals surface area contributed by atoms with Crippen molar-refractivity contribution in [3.63, 3.8) is 0 Å². The number of anilines is 1. The van der Waals surface area contributed by atoms with Crippen LogP contribution in [0.25, 0.3) is 0 Å². The van der Waals surface area contributed by atoms with Crippen molar-refractivity contribution in [2.75, 3.05) is 18.4 Å². The van der Waals surface area contributed by atoms with E-state index < -0.39 is 0 Å². The molecule has 5 rings (SSSR count). The van der Waals surface area contributed by atoms with Crippen LogP contribution < -0.4 is 10.6 Å². The number of aromatic nitrogens is 1. The number of hydrogen-bond donors (Lipinski definition) is 2. The molecule has 134 valence electrons. The summed E-state index contributed by atoms with van der Waals surface area (Å²) in [6.07, 6.45) is 2.15. The molecule has 1 aromatic carbocycles. The summed E-state index contributed by atoms with van der Waals surface area (Å²) in [5.74, 6) is 1.11. The van der Waals surface area contributed by atoms with Gasteiger partial charge in [0, 0.05) is 36.9 Å². The van der Waals surface area contributed by atoms with Crippen LogP contribution in [-0.2, 0) is 6.54 Å². The normalized spacial score (nSPS) is 30.0. The number of aryl methyl sites for hydroxylation is 1. The van der Waals surface area contributed by atoms with E-state index in [1.807, 2.05) is 37.3 Å². The zero-order chi connectivity index (χ0) is 17.7. The van der Waals surface area contributed by atoms with E-state index in [2.05, 4.69) is 32.7 Å². The maximum Gasteiger partial charge on any atom is 0.255 e. The molecule has 3 aliphatic rings. The molecular formula is C21H24N4O. The van der Waals surface area contributed by atoms with Crippen molar-refractivity contribution in [1.82, 2.24) is 15.2 Å². The maximum atomic E-state index is 12.7. The van der Waals surface area contributed by atoms with Crippen LogP contribution in [0.5, 0.6) is 0 Å². The van der Waals surface area contributed by atoms with Crippen molar-refractivity contribution < 1.29 is 4.79 Å². The Morgan fingerprint density at radius 2 is 2.04 bits per heavy atom. The minimum absolute atomic E-state index is 0.0544. The Kier molecular flexibility index (Phi) is 3.54. The van der Waals surface area contributed by atoms with E-state index in [9.17, 15) is 4.79 Å². The number of hydrogen-bond acceptors (Lipinski definition) is 4. The van der Waals surface area contributed by atoms with Crippen molar-refractivity contribution in [2.45, 2.75) is 32.0 Å². The van der Waals surface area contributed by atoms with Crippen LogP contribution in [0.2, 0.25) is 0 Å². The lowest BCUT2D eigenvalue weighted by atomic mass is 9.89. The third kappa shape index (κ3) is 2.50. The predicted octanol–water partition coefficient (Wildman–Crippen LogP) is 2.78. The van der Waals surface area contributed by atoms with Gasteiger partial charge in [0.2, 0.25) is 0 Å². The van der Waals surface area contributed by atoms with Gasteiger partial charge in [-0.25, -0.2) is 0 Å². The van der Waals surface area contributed by atoms with E-state index in [1.165, 1.54) is 0 Å². The largest absolute Gasteiger partial charge is 0.362 e. The van der Waals surface area contributed by atoms with Crippen LogP contribution in [-0.4, -0.2) is 34.5 Å². The second-order valence-corrected chi connectivity index (χ2v) is 7.97. The zero-order valence-corrected chi connectivity index (χ0v) is 15.0. The first-order valence-corrected chi connectivity index (χ1v) is 9.48. The van der Waals surface area contributed by atoms with Gasteiger partial charge in [-0.1, -0.05) is 18.2 Å². The van der Waals surface area contributed by atoms with Crippen LogP contribution in [0.15, 0.2) is 42.5 Å². The third-order valence-corrected chi connectivity index (χ3v) is 6.26. The lowest BCUT2D eigenvalue weighted by Gasteiger charge is -2.42. The van der Waals surface area contributed by atoms with Gasteiger partial charge in [-0.05, 0) is 49.9 Å². The molecule has 5 nitrogen and oxygen atoms in total. The smallest absolute Gasteiger partial charge is 0.255 e. The Bertz CT molecular complexity index is 867. The number of likely N-dealkylation sites (tertiary alicyclic amines) is 1. The first-order valence-electron chi connectivity index (χ1n) is 9.48. The van der Waals surface area contributed by atoms with Crippen LogP contribution in [0.4, 0.5) is 5.69 Å². The van der Waals surface area contributed by atoms with Gasteiger partial charge in [-0.15, -0.1) is 0 Å². The van der Waals surface area contributed by atoms with E-state index in [0.717, 1.165) is 55.1 Å². The summed E-state index contributed by atoms with van der Waals surface area (Å²) in [7, 11) is 0. The summed E-state index contributed by atoms with van der Waals surface area (Å²) in [6, 6.07) is 14.0. The molecule has 1 saturated carbocycles. The topological polar surface area (TPSA) is 57.3 Å². The van der Waals surface area contributed by atoms with Gasteiger partial charge in [0.25, 0.3) is 5.91 Å². The summed E-state index contributed by atoms with van der Waals surface area (Å²) in [5.41, 5.74) is 3.61. The summed E-state index contributed by atoms with van der Waals surface area (Å²) in [4.78, 5) is 19.8. The van der Waals surface area contributed by atoms with Crippen molar-refractivity contribution in [3.05, 3.63) is 59.4 Å². The van der Waals surface area contributed by atoms with Gasteiger partial charge in [0.05, 0.1) is 11.3 Å². The number of carbonyl (C=O) groups is 1. The number of fused-ring (bicyclic) bond motifs is 3. The Morgan fingerprint density at radius 1 is 1.15 bits per heavy atom. The molecule has 26 heavy (non-hydrogen) atoms. The molecule has 1 aromatic heterocycles. The van der Waals surface area contributed by atoms with Crippen molar-refractivity contribution in [1.29, 1.82) is 0 Å². The van der Waals surface area contributed by atoms with Crippen molar-refractivity contribution >= 4 is 11.6 Å². The minimum atomic E-state index is -0.301. The maximum absolute atomic E-state index is 12.7. The molecule has 2 aromatic rings. The minimum Gasteiger partial charge on any atom is -0.362 e. The third-order valence-electron chi connectivity index (χ3n) is 6.26. The summed E-state index contributed by atoms with van der Waals surface area (Å²) in [5, 5.41) is 7.01. The molecule has 0 radical (unpaired) electrons. The fourth-order valence-electron chi connectivity index (χ4n) is 5.10. The summed E-state index contributed by atoms with van der Waals surface area (Å²) in [6.45, 7) is 5.00. The fourth-order valence-corrected chi connectivity index (χ4v) is 5.10. The standard InChI is InChI=1S/C21H24N4O/c1-14-5-4-6-16(22-14)12-25-11-15-9-10-21(18(15)13-25)23-19-8-3-2-7-17(19)20(26)24-21/h2-8,15,18,23H,9-13H2,1H3,(H,24,26)/t15-,18+,21+/m1/s1. The second kappa shape index (κ2) is 5.81. The Labute approximate surface area is 153 Å². The Hall–Kier alpha value is -2.40. The Balaban J connectivity index is 1.37. The van der Waals surface area contributed by atoms with E-state index in [4.69, 9.17) is 0 Å². The summed E-state index contributed by atoms with van der Waals surface area (Å²) < 4.78 is 0. The lowest BCUT2D eigenvalue weighted by molar-refractivity contribution is 0.0871. The molecule has 1 saturated heterocycles. The van der Waals surface area contributed by atoms with Crippen LogP contribution >= 0.6 is 0 Å². The first kappa shape index (κ1) is 15.8. The molecule has 5 heteroatoms. The molecule has 0 unspecified atom stereocenters. The Morgan fingerprint density at radius 3 is 2.92 bits per heavy atom.